The number of nitrogens with zero attached hydrogens (tertiary/aromatic N) is 5. The predicted molar refractivity (Wildman–Crippen MR) is 121 cm³/mol. The highest BCUT2D eigenvalue weighted by Gasteiger charge is 2.32. The molecule has 0 radical (unpaired) electrons. The zero-order valence-electron chi connectivity index (χ0n) is 18.8. The van der Waals surface area contributed by atoms with E-state index in [9.17, 15) is 9.59 Å². The van der Waals surface area contributed by atoms with Crippen molar-refractivity contribution in [1.82, 2.24) is 29.5 Å². The van der Waals surface area contributed by atoms with Crippen molar-refractivity contribution in [3.05, 3.63) is 45.9 Å². The van der Waals surface area contributed by atoms with E-state index < -0.39 is 0 Å². The molecule has 2 aromatic heterocycles. The molecule has 2 aliphatic heterocycles. The quantitative estimate of drug-likeness (QED) is 0.776. The van der Waals surface area contributed by atoms with Crippen LogP contribution in [0.15, 0.2) is 23.3 Å². The molecule has 2 aromatic rings. The summed E-state index contributed by atoms with van der Waals surface area (Å²) in [5.41, 5.74) is 1.75. The third kappa shape index (κ3) is 4.51. The minimum atomic E-state index is -0.136. The highest BCUT2D eigenvalue weighted by molar-refractivity contribution is 5.76. The number of hydrogen-bond acceptors (Lipinski definition) is 5. The molecule has 32 heavy (non-hydrogen) atoms. The van der Waals surface area contributed by atoms with Crippen LogP contribution in [0.3, 0.4) is 0 Å². The first-order valence-electron chi connectivity index (χ1n) is 12.3. The number of carbonyl (C=O) groups excluding carboxylic acids is 1. The van der Waals surface area contributed by atoms with E-state index in [-0.39, 0.29) is 17.5 Å². The lowest BCUT2D eigenvalue weighted by molar-refractivity contribution is -0.135. The van der Waals surface area contributed by atoms with Crippen LogP contribution >= 0.6 is 0 Å². The Balaban J connectivity index is 1.31. The van der Waals surface area contributed by atoms with Crippen molar-refractivity contribution in [2.24, 2.45) is 0 Å². The largest absolute Gasteiger partial charge is 0.332 e. The van der Waals surface area contributed by atoms with Crippen molar-refractivity contribution in [2.45, 2.75) is 89.4 Å². The van der Waals surface area contributed by atoms with Gasteiger partial charge in [-0.15, -0.1) is 0 Å². The van der Waals surface area contributed by atoms with Gasteiger partial charge < -0.3 is 9.88 Å². The van der Waals surface area contributed by atoms with Gasteiger partial charge in [-0.05, 0) is 38.2 Å². The molecule has 8 nitrogen and oxygen atoms in total. The summed E-state index contributed by atoms with van der Waals surface area (Å²) >= 11 is 0. The average Bonchev–Trinajstić information content (AvgIpc) is 3.37. The molecule has 2 fully saturated rings. The maximum Gasteiger partial charge on any atom is 0.255 e. The number of amides is 1. The molecule has 0 spiro atoms. The molecule has 1 unspecified atom stereocenters. The van der Waals surface area contributed by atoms with E-state index in [1.807, 2.05) is 17.2 Å². The van der Waals surface area contributed by atoms with Gasteiger partial charge in [-0.25, -0.2) is 4.98 Å². The molecular formula is C24H34N6O2. The molecule has 4 heterocycles. The summed E-state index contributed by atoms with van der Waals surface area (Å²) in [6.07, 6.45) is 14.2. The van der Waals surface area contributed by atoms with E-state index >= 15 is 0 Å². The molecule has 1 saturated heterocycles. The molecule has 0 bridgehead atoms. The van der Waals surface area contributed by atoms with Gasteiger partial charge in [-0.3, -0.25) is 19.2 Å². The molecule has 1 aliphatic carbocycles. The van der Waals surface area contributed by atoms with Crippen molar-refractivity contribution >= 4 is 5.91 Å². The van der Waals surface area contributed by atoms with E-state index in [1.165, 1.54) is 32.1 Å². The Morgan fingerprint density at radius 2 is 1.94 bits per heavy atom. The minimum Gasteiger partial charge on any atom is -0.332 e. The number of H-pyrrole nitrogens is 1. The Kier molecular flexibility index (Phi) is 6.39. The standard InChI is InChI=1S/C24H34N6O2/c31-22(11-16-29-13-6-12-25-29)30-14-5-4-9-21(30)23-26-20-10-15-28(17-19(20)24(32)27-23)18-7-2-1-3-8-18/h6,12-13,18,21H,1-5,7-11,14-17H2,(H,26,27,32). The van der Waals surface area contributed by atoms with Gasteiger partial charge in [-0.2, -0.15) is 5.10 Å². The van der Waals surface area contributed by atoms with Crippen molar-refractivity contribution in [1.29, 1.82) is 0 Å². The van der Waals surface area contributed by atoms with E-state index in [4.69, 9.17) is 4.98 Å². The summed E-state index contributed by atoms with van der Waals surface area (Å²) in [5.74, 6) is 0.779. The first kappa shape index (κ1) is 21.4. The van der Waals surface area contributed by atoms with Gasteiger partial charge in [0.2, 0.25) is 5.91 Å². The maximum absolute atomic E-state index is 13.1. The van der Waals surface area contributed by atoms with Crippen LogP contribution in [0.1, 0.15) is 80.9 Å². The number of piperidine rings is 1. The summed E-state index contributed by atoms with van der Waals surface area (Å²) in [5, 5.41) is 4.19. The summed E-state index contributed by atoms with van der Waals surface area (Å²) in [7, 11) is 0. The predicted octanol–water partition coefficient (Wildman–Crippen LogP) is 2.80. The smallest absolute Gasteiger partial charge is 0.255 e. The Bertz CT molecular complexity index is 979. The third-order valence-electron chi connectivity index (χ3n) is 7.46. The number of nitrogens with one attached hydrogen (secondary N) is 1. The van der Waals surface area contributed by atoms with Gasteiger partial charge in [0.1, 0.15) is 5.82 Å². The van der Waals surface area contributed by atoms with Gasteiger partial charge in [0.25, 0.3) is 5.56 Å². The molecule has 1 N–H and O–H groups in total. The lowest BCUT2D eigenvalue weighted by Gasteiger charge is -2.38. The molecule has 1 saturated carbocycles. The van der Waals surface area contributed by atoms with Crippen LogP contribution in [0.25, 0.3) is 0 Å². The molecule has 172 valence electrons. The number of aromatic nitrogens is 4. The average molecular weight is 439 g/mol. The number of fused-ring (bicyclic) bond motifs is 1. The number of carbonyl (C=O) groups is 1. The number of aromatic amines is 1. The summed E-state index contributed by atoms with van der Waals surface area (Å²) < 4.78 is 1.79. The van der Waals surface area contributed by atoms with Gasteiger partial charge in [0.05, 0.1) is 17.3 Å². The second-order valence-electron chi connectivity index (χ2n) is 9.51. The molecule has 3 aliphatic rings. The highest BCUT2D eigenvalue weighted by atomic mass is 16.2. The topological polar surface area (TPSA) is 87.1 Å². The fourth-order valence-electron chi connectivity index (χ4n) is 5.68. The lowest BCUT2D eigenvalue weighted by atomic mass is 9.92. The minimum absolute atomic E-state index is 0.0139. The number of aryl methyl sites for hydroxylation is 1. The fourth-order valence-corrected chi connectivity index (χ4v) is 5.68. The second kappa shape index (κ2) is 9.57. The Labute approximate surface area is 189 Å². The molecule has 1 amide bonds. The molecular weight excluding hydrogens is 404 g/mol. The van der Waals surface area contributed by atoms with Crippen LogP contribution in [0, 0.1) is 0 Å². The third-order valence-corrected chi connectivity index (χ3v) is 7.46. The van der Waals surface area contributed by atoms with Gasteiger partial charge >= 0.3 is 0 Å². The molecule has 1 atom stereocenters. The van der Waals surface area contributed by atoms with Crippen molar-refractivity contribution < 1.29 is 4.79 Å². The zero-order chi connectivity index (χ0) is 21.9. The normalized spacial score (nSPS) is 22.6. The van der Waals surface area contributed by atoms with Crippen LogP contribution in [0.5, 0.6) is 0 Å². The van der Waals surface area contributed by atoms with Gasteiger partial charge in [0, 0.05) is 57.5 Å². The molecule has 8 heteroatoms. The first-order valence-corrected chi connectivity index (χ1v) is 12.3. The Hall–Kier alpha value is -2.48. The number of hydrogen-bond donors (Lipinski definition) is 1. The lowest BCUT2D eigenvalue weighted by Crippen LogP contribution is -2.44. The number of rotatable bonds is 5. The zero-order valence-corrected chi connectivity index (χ0v) is 18.8. The Morgan fingerprint density at radius 1 is 1.09 bits per heavy atom. The highest BCUT2D eigenvalue weighted by Crippen LogP contribution is 2.31. The van der Waals surface area contributed by atoms with Crippen molar-refractivity contribution in [3.8, 4) is 0 Å². The van der Waals surface area contributed by atoms with Crippen LogP contribution in [-0.4, -0.2) is 54.6 Å². The number of likely N-dealkylation sites (tertiary alicyclic amines) is 1. The summed E-state index contributed by atoms with van der Waals surface area (Å²) in [6.45, 7) is 2.98. The van der Waals surface area contributed by atoms with Crippen molar-refractivity contribution in [3.63, 3.8) is 0 Å². The van der Waals surface area contributed by atoms with Gasteiger partial charge in [-0.1, -0.05) is 19.3 Å². The summed E-state index contributed by atoms with van der Waals surface area (Å²) in [6, 6.07) is 2.34. The van der Waals surface area contributed by atoms with E-state index in [0.29, 0.717) is 31.4 Å². The maximum atomic E-state index is 13.1. The summed E-state index contributed by atoms with van der Waals surface area (Å²) in [4.78, 5) is 38.5. The van der Waals surface area contributed by atoms with Crippen LogP contribution in [-0.2, 0) is 24.3 Å². The van der Waals surface area contributed by atoms with Crippen molar-refractivity contribution in [2.75, 3.05) is 13.1 Å². The van der Waals surface area contributed by atoms with Gasteiger partial charge in [0.15, 0.2) is 0 Å². The monoisotopic (exact) mass is 438 g/mol. The van der Waals surface area contributed by atoms with Crippen LogP contribution in [0.2, 0.25) is 0 Å². The van der Waals surface area contributed by atoms with E-state index in [2.05, 4.69) is 15.0 Å². The molecule has 0 aromatic carbocycles. The first-order chi connectivity index (χ1) is 15.7. The van der Waals surface area contributed by atoms with Crippen LogP contribution in [0.4, 0.5) is 0 Å². The fraction of sp³-hybridized carbons (Fsp3) is 0.667. The SMILES string of the molecule is O=C(CCn1cccn1)N1CCCCC1c1nc2c(c(=O)[nH]1)CN(C1CCCCC1)CC2. The molecule has 5 rings (SSSR count). The van der Waals surface area contributed by atoms with E-state index in [0.717, 1.165) is 50.0 Å². The Morgan fingerprint density at radius 3 is 2.75 bits per heavy atom. The van der Waals surface area contributed by atoms with E-state index in [1.54, 1.807) is 10.9 Å². The van der Waals surface area contributed by atoms with Crippen LogP contribution < -0.4 is 5.56 Å². The second-order valence-corrected chi connectivity index (χ2v) is 9.51.